The van der Waals surface area contributed by atoms with Crippen molar-refractivity contribution >= 4 is 5.69 Å². The minimum absolute atomic E-state index is 0.0413. The molecule has 0 saturated carbocycles. The van der Waals surface area contributed by atoms with Gasteiger partial charge in [0, 0.05) is 6.07 Å². The summed E-state index contributed by atoms with van der Waals surface area (Å²) in [5.74, 6) is 0. The monoisotopic (exact) mass is 183 g/mol. The Morgan fingerprint density at radius 3 is 2.77 bits per heavy atom. The number of nitro groups is 1. The molecule has 0 aliphatic rings. The molecular weight excluding hydrogens is 174 g/mol. The number of hydrogen-bond acceptors (Lipinski definition) is 4. The lowest BCUT2D eigenvalue weighted by Gasteiger charge is -2.00. The number of benzene rings is 1. The van der Waals surface area contributed by atoms with Crippen LogP contribution in [0.2, 0.25) is 0 Å². The average Bonchev–Trinajstić information content (AvgIpc) is 2.15. The van der Waals surface area contributed by atoms with Gasteiger partial charge in [0.05, 0.1) is 17.6 Å². The summed E-state index contributed by atoms with van der Waals surface area (Å²) in [4.78, 5) is 19.0. The Morgan fingerprint density at radius 2 is 2.15 bits per heavy atom. The van der Waals surface area contributed by atoms with E-state index in [9.17, 15) is 10.1 Å². The number of nitro benzene ring substituents is 1. The first-order valence-corrected chi connectivity index (χ1v) is 3.63. The molecule has 0 bridgehead atoms. The maximum atomic E-state index is 10.5. The first kappa shape index (κ1) is 9.63. The molecule has 0 saturated heterocycles. The first-order chi connectivity index (χ1) is 6.25. The Labute approximate surface area is 75.0 Å². The van der Waals surface area contributed by atoms with E-state index in [-0.39, 0.29) is 12.3 Å². The minimum atomic E-state index is -0.450. The van der Waals surface area contributed by atoms with Crippen LogP contribution in [0.3, 0.4) is 0 Å². The van der Waals surface area contributed by atoms with Gasteiger partial charge in [-0.15, -0.1) is 0 Å². The van der Waals surface area contributed by atoms with Crippen molar-refractivity contribution in [1.82, 2.24) is 0 Å². The van der Waals surface area contributed by atoms with Crippen LogP contribution in [-0.2, 0) is 16.4 Å². The average molecular weight is 183 g/mol. The molecule has 5 heteroatoms. The summed E-state index contributed by atoms with van der Waals surface area (Å²) in [5.41, 5.74) is 0.536. The van der Waals surface area contributed by atoms with E-state index in [2.05, 4.69) is 9.78 Å². The zero-order valence-corrected chi connectivity index (χ0v) is 7.10. The highest BCUT2D eigenvalue weighted by Crippen LogP contribution is 2.18. The van der Waals surface area contributed by atoms with Crippen LogP contribution < -0.4 is 0 Å². The normalized spacial score (nSPS) is 9.92. The molecule has 0 spiro atoms. The Morgan fingerprint density at radius 1 is 1.46 bits per heavy atom. The van der Waals surface area contributed by atoms with Crippen LogP contribution in [-0.4, -0.2) is 12.0 Å². The highest BCUT2D eigenvalue weighted by atomic mass is 17.2. The summed E-state index contributed by atoms with van der Waals surface area (Å²) in [7, 11) is 1.36. The lowest BCUT2D eigenvalue weighted by Crippen LogP contribution is -1.97. The maximum Gasteiger partial charge on any atom is 0.275 e. The van der Waals surface area contributed by atoms with Crippen LogP contribution in [0.5, 0.6) is 0 Å². The fourth-order valence-electron chi connectivity index (χ4n) is 0.933. The lowest BCUT2D eigenvalue weighted by molar-refractivity contribution is -0.387. The second-order valence-electron chi connectivity index (χ2n) is 2.31. The molecule has 0 N–H and O–H groups in total. The summed E-state index contributed by atoms with van der Waals surface area (Å²) >= 11 is 0. The Bertz CT molecular complexity index is 300. The van der Waals surface area contributed by atoms with E-state index in [1.165, 1.54) is 13.2 Å². The van der Waals surface area contributed by atoms with Crippen LogP contribution in [0.4, 0.5) is 5.69 Å². The molecule has 5 nitrogen and oxygen atoms in total. The van der Waals surface area contributed by atoms with Crippen molar-refractivity contribution in [3.63, 3.8) is 0 Å². The van der Waals surface area contributed by atoms with Gasteiger partial charge < -0.3 is 0 Å². The lowest BCUT2D eigenvalue weighted by atomic mass is 10.2. The zero-order valence-electron chi connectivity index (χ0n) is 7.10. The molecule has 0 unspecified atom stereocenters. The number of para-hydroxylation sites is 1. The standard InChI is InChI=1S/C8H9NO4/c1-12-13-6-7-4-2-3-5-8(7)9(10)11/h2-5H,6H2,1H3. The van der Waals surface area contributed by atoms with Gasteiger partial charge in [0.2, 0.25) is 0 Å². The van der Waals surface area contributed by atoms with E-state index in [0.717, 1.165) is 0 Å². The van der Waals surface area contributed by atoms with Crippen LogP contribution in [0.15, 0.2) is 24.3 Å². The fraction of sp³-hybridized carbons (Fsp3) is 0.250. The van der Waals surface area contributed by atoms with Gasteiger partial charge in [-0.05, 0) is 6.07 Å². The van der Waals surface area contributed by atoms with Crippen molar-refractivity contribution in [2.45, 2.75) is 6.61 Å². The topological polar surface area (TPSA) is 61.6 Å². The Kier molecular flexibility index (Phi) is 3.36. The third kappa shape index (κ3) is 2.50. The van der Waals surface area contributed by atoms with Crippen LogP contribution in [0.1, 0.15) is 5.56 Å². The zero-order chi connectivity index (χ0) is 9.68. The van der Waals surface area contributed by atoms with Gasteiger partial charge in [-0.2, -0.15) is 0 Å². The van der Waals surface area contributed by atoms with E-state index in [1.54, 1.807) is 18.2 Å². The van der Waals surface area contributed by atoms with Crippen LogP contribution >= 0.6 is 0 Å². The smallest absolute Gasteiger partial charge is 0.258 e. The van der Waals surface area contributed by atoms with Crippen molar-refractivity contribution in [2.75, 3.05) is 7.11 Å². The summed E-state index contributed by atoms with van der Waals surface area (Å²) in [6.07, 6.45) is 0. The minimum Gasteiger partial charge on any atom is -0.258 e. The Hall–Kier alpha value is -1.46. The molecule has 0 aromatic heterocycles. The van der Waals surface area contributed by atoms with Gasteiger partial charge in [0.25, 0.3) is 5.69 Å². The van der Waals surface area contributed by atoms with Crippen molar-refractivity contribution in [2.24, 2.45) is 0 Å². The van der Waals surface area contributed by atoms with Gasteiger partial charge in [-0.3, -0.25) is 10.1 Å². The number of nitrogens with zero attached hydrogens (tertiary/aromatic N) is 1. The highest BCUT2D eigenvalue weighted by molar-refractivity contribution is 5.39. The van der Waals surface area contributed by atoms with Crippen molar-refractivity contribution in [3.05, 3.63) is 39.9 Å². The Balaban J connectivity index is 2.84. The maximum absolute atomic E-state index is 10.5. The van der Waals surface area contributed by atoms with Crippen molar-refractivity contribution in [1.29, 1.82) is 0 Å². The fourth-order valence-corrected chi connectivity index (χ4v) is 0.933. The molecule has 1 aromatic carbocycles. The molecule has 1 rings (SSSR count). The van der Waals surface area contributed by atoms with E-state index >= 15 is 0 Å². The van der Waals surface area contributed by atoms with E-state index in [0.29, 0.717) is 5.56 Å². The highest BCUT2D eigenvalue weighted by Gasteiger charge is 2.11. The molecule has 70 valence electrons. The second-order valence-corrected chi connectivity index (χ2v) is 2.31. The molecule has 1 aromatic rings. The van der Waals surface area contributed by atoms with E-state index in [1.807, 2.05) is 0 Å². The molecule has 0 aliphatic heterocycles. The number of hydrogen-bond donors (Lipinski definition) is 0. The molecule has 0 radical (unpaired) electrons. The van der Waals surface area contributed by atoms with E-state index < -0.39 is 4.92 Å². The van der Waals surface area contributed by atoms with Gasteiger partial charge in [0.1, 0.15) is 6.61 Å². The van der Waals surface area contributed by atoms with Gasteiger partial charge in [-0.1, -0.05) is 12.1 Å². The van der Waals surface area contributed by atoms with Gasteiger partial charge in [-0.25, -0.2) is 9.78 Å². The molecule has 0 heterocycles. The molecular formula is C8H9NO4. The predicted molar refractivity (Wildman–Crippen MR) is 44.9 cm³/mol. The number of rotatable bonds is 4. The summed E-state index contributed by atoms with van der Waals surface area (Å²) < 4.78 is 0. The molecule has 0 amide bonds. The molecule has 13 heavy (non-hydrogen) atoms. The van der Waals surface area contributed by atoms with Crippen molar-refractivity contribution in [3.8, 4) is 0 Å². The van der Waals surface area contributed by atoms with Gasteiger partial charge >= 0.3 is 0 Å². The molecule has 0 fully saturated rings. The summed E-state index contributed by atoms with van der Waals surface area (Å²) in [6, 6.07) is 6.36. The SMILES string of the molecule is COOCc1ccccc1[N+](=O)[O-]. The largest absolute Gasteiger partial charge is 0.275 e. The molecule has 0 atom stereocenters. The third-order valence-corrected chi connectivity index (χ3v) is 1.52. The van der Waals surface area contributed by atoms with Crippen LogP contribution in [0, 0.1) is 10.1 Å². The predicted octanol–water partition coefficient (Wildman–Crippen LogP) is 1.67. The summed E-state index contributed by atoms with van der Waals surface area (Å²) in [6.45, 7) is 0.0770. The third-order valence-electron chi connectivity index (χ3n) is 1.52. The second kappa shape index (κ2) is 4.54. The van der Waals surface area contributed by atoms with Crippen molar-refractivity contribution < 1.29 is 14.7 Å². The van der Waals surface area contributed by atoms with Crippen LogP contribution in [0.25, 0.3) is 0 Å². The quantitative estimate of drug-likeness (QED) is 0.404. The van der Waals surface area contributed by atoms with E-state index in [4.69, 9.17) is 0 Å². The van der Waals surface area contributed by atoms with Gasteiger partial charge in [0.15, 0.2) is 0 Å². The summed E-state index contributed by atoms with van der Waals surface area (Å²) in [5, 5.41) is 10.5. The molecule has 0 aliphatic carbocycles. The first-order valence-electron chi connectivity index (χ1n) is 3.63.